The molecule has 2 rings (SSSR count). The molecule has 0 aliphatic carbocycles. The van der Waals surface area contributed by atoms with Crippen LogP contribution < -0.4 is 4.74 Å². The molecule has 0 aromatic heterocycles. The van der Waals surface area contributed by atoms with E-state index >= 15 is 0 Å². The molecule has 0 radical (unpaired) electrons. The van der Waals surface area contributed by atoms with Crippen LogP contribution in [0.15, 0.2) is 48.5 Å². The maximum atomic E-state index is 12.8. The molecule has 2 aromatic rings. The third kappa shape index (κ3) is 3.25. The van der Waals surface area contributed by atoms with E-state index < -0.39 is 11.8 Å². The van der Waals surface area contributed by atoms with Crippen LogP contribution in [0.1, 0.15) is 22.8 Å². The molecule has 2 aromatic carbocycles. The van der Waals surface area contributed by atoms with E-state index in [9.17, 15) is 14.0 Å². The minimum atomic E-state index is -0.452. The van der Waals surface area contributed by atoms with Crippen molar-refractivity contribution < 1.29 is 18.7 Å². The molecular weight excluding hydrogens is 247 g/mol. The monoisotopic (exact) mass is 258 g/mol. The number of hydrogen-bond acceptors (Lipinski definition) is 3. The second kappa shape index (κ2) is 5.44. The van der Waals surface area contributed by atoms with E-state index in [1.54, 1.807) is 18.2 Å². The number of carbonyl (C=O) groups is 2. The molecule has 96 valence electrons. The van der Waals surface area contributed by atoms with Gasteiger partial charge in [-0.1, -0.05) is 12.1 Å². The molecule has 0 heterocycles. The number of carbonyl (C=O) groups excluding carboxylic acids is 2. The molecule has 0 atom stereocenters. The molecule has 0 saturated carbocycles. The first-order chi connectivity index (χ1) is 9.06. The molecule has 0 aliphatic rings. The summed E-state index contributed by atoms with van der Waals surface area (Å²) in [5.41, 5.74) is 0.756. The van der Waals surface area contributed by atoms with Gasteiger partial charge in [-0.05, 0) is 36.4 Å². The maximum Gasteiger partial charge on any atom is 0.308 e. The predicted octanol–water partition coefficient (Wildman–Crippen LogP) is 2.98. The van der Waals surface area contributed by atoms with Crippen LogP contribution in [-0.2, 0) is 4.79 Å². The Morgan fingerprint density at radius 1 is 1.00 bits per heavy atom. The number of ketones is 1. The van der Waals surface area contributed by atoms with Crippen LogP contribution in [0.3, 0.4) is 0 Å². The molecular formula is C15H11FO3. The molecule has 3 nitrogen and oxygen atoms in total. The van der Waals surface area contributed by atoms with Gasteiger partial charge in [-0.3, -0.25) is 9.59 Å². The zero-order valence-corrected chi connectivity index (χ0v) is 10.2. The van der Waals surface area contributed by atoms with Gasteiger partial charge in [-0.25, -0.2) is 4.39 Å². The van der Waals surface area contributed by atoms with Gasteiger partial charge in [0.1, 0.15) is 11.6 Å². The van der Waals surface area contributed by atoms with Crippen molar-refractivity contribution in [1.82, 2.24) is 0 Å². The molecule has 0 spiro atoms. The van der Waals surface area contributed by atoms with Crippen molar-refractivity contribution in [2.24, 2.45) is 0 Å². The van der Waals surface area contributed by atoms with Crippen LogP contribution in [0.2, 0.25) is 0 Å². The van der Waals surface area contributed by atoms with Gasteiger partial charge in [0.05, 0.1) is 0 Å². The average molecular weight is 258 g/mol. The zero-order valence-electron chi connectivity index (χ0n) is 10.2. The summed E-state index contributed by atoms with van der Waals surface area (Å²) in [6.45, 7) is 1.29. The van der Waals surface area contributed by atoms with Crippen molar-refractivity contribution in [2.75, 3.05) is 0 Å². The Balaban J connectivity index is 2.28. The Labute approximate surface area is 109 Å². The smallest absolute Gasteiger partial charge is 0.308 e. The lowest BCUT2D eigenvalue weighted by atomic mass is 10.0. The van der Waals surface area contributed by atoms with Gasteiger partial charge in [-0.15, -0.1) is 0 Å². The number of hydrogen-bond donors (Lipinski definition) is 0. The Kier molecular flexibility index (Phi) is 3.71. The third-order valence-corrected chi connectivity index (χ3v) is 2.46. The van der Waals surface area contributed by atoms with E-state index in [0.717, 1.165) is 0 Å². The fraction of sp³-hybridized carbons (Fsp3) is 0.0667. The van der Waals surface area contributed by atoms with Crippen molar-refractivity contribution in [3.8, 4) is 5.75 Å². The van der Waals surface area contributed by atoms with Crippen LogP contribution >= 0.6 is 0 Å². The Hall–Kier alpha value is -2.49. The molecule has 0 amide bonds. The molecule has 4 heteroatoms. The van der Waals surface area contributed by atoms with Crippen molar-refractivity contribution in [3.05, 3.63) is 65.5 Å². The highest BCUT2D eigenvalue weighted by Gasteiger charge is 2.10. The lowest BCUT2D eigenvalue weighted by Crippen LogP contribution is -2.04. The fourth-order valence-electron chi connectivity index (χ4n) is 1.63. The number of halogens is 1. The number of ether oxygens (including phenoxy) is 1. The van der Waals surface area contributed by atoms with E-state index in [4.69, 9.17) is 4.74 Å². The van der Waals surface area contributed by atoms with Crippen molar-refractivity contribution in [3.63, 3.8) is 0 Å². The van der Waals surface area contributed by atoms with E-state index in [1.165, 1.54) is 37.3 Å². The van der Waals surface area contributed by atoms with Gasteiger partial charge < -0.3 is 4.74 Å². The molecule has 19 heavy (non-hydrogen) atoms. The first-order valence-corrected chi connectivity index (χ1v) is 5.65. The molecule has 0 bridgehead atoms. The SMILES string of the molecule is CC(=O)Oc1cccc(C(=O)c2ccc(F)cc2)c1. The number of esters is 1. The first-order valence-electron chi connectivity index (χ1n) is 5.65. The van der Waals surface area contributed by atoms with Crippen LogP contribution in [0.4, 0.5) is 4.39 Å². The van der Waals surface area contributed by atoms with Crippen molar-refractivity contribution in [2.45, 2.75) is 6.92 Å². The zero-order chi connectivity index (χ0) is 13.8. The number of benzene rings is 2. The van der Waals surface area contributed by atoms with Gasteiger partial charge in [0, 0.05) is 18.1 Å². The summed E-state index contributed by atoms with van der Waals surface area (Å²) in [6.07, 6.45) is 0. The highest BCUT2D eigenvalue weighted by atomic mass is 19.1. The summed E-state index contributed by atoms with van der Waals surface area (Å²) < 4.78 is 17.7. The summed E-state index contributed by atoms with van der Waals surface area (Å²) in [4.78, 5) is 23.0. The van der Waals surface area contributed by atoms with Gasteiger partial charge in [0.25, 0.3) is 0 Å². The van der Waals surface area contributed by atoms with Crippen LogP contribution in [0.5, 0.6) is 5.75 Å². The van der Waals surface area contributed by atoms with E-state index in [-0.39, 0.29) is 5.78 Å². The number of rotatable bonds is 3. The average Bonchev–Trinajstić information content (AvgIpc) is 2.38. The van der Waals surface area contributed by atoms with Crippen LogP contribution in [0, 0.1) is 5.82 Å². The highest BCUT2D eigenvalue weighted by molar-refractivity contribution is 6.09. The maximum absolute atomic E-state index is 12.8. The topological polar surface area (TPSA) is 43.4 Å². The van der Waals surface area contributed by atoms with Gasteiger partial charge in [0.15, 0.2) is 5.78 Å². The molecule has 0 saturated heterocycles. The summed E-state index contributed by atoms with van der Waals surface area (Å²) in [5.74, 6) is -0.800. The van der Waals surface area contributed by atoms with E-state index in [1.807, 2.05) is 0 Å². The largest absolute Gasteiger partial charge is 0.427 e. The molecule has 0 unspecified atom stereocenters. The molecule has 0 aliphatic heterocycles. The fourth-order valence-corrected chi connectivity index (χ4v) is 1.63. The molecule has 0 N–H and O–H groups in total. The quantitative estimate of drug-likeness (QED) is 0.483. The lowest BCUT2D eigenvalue weighted by molar-refractivity contribution is -0.131. The van der Waals surface area contributed by atoms with Crippen molar-refractivity contribution in [1.29, 1.82) is 0 Å². The van der Waals surface area contributed by atoms with Crippen molar-refractivity contribution >= 4 is 11.8 Å². The second-order valence-corrected chi connectivity index (χ2v) is 3.96. The predicted molar refractivity (Wildman–Crippen MR) is 67.6 cm³/mol. The van der Waals surface area contributed by atoms with Gasteiger partial charge in [-0.2, -0.15) is 0 Å². The summed E-state index contributed by atoms with van der Waals surface area (Å²) >= 11 is 0. The lowest BCUT2D eigenvalue weighted by Gasteiger charge is -2.04. The highest BCUT2D eigenvalue weighted by Crippen LogP contribution is 2.17. The second-order valence-electron chi connectivity index (χ2n) is 3.96. The van der Waals surface area contributed by atoms with Crippen LogP contribution in [0.25, 0.3) is 0 Å². The van der Waals surface area contributed by atoms with Gasteiger partial charge in [0.2, 0.25) is 0 Å². The summed E-state index contributed by atoms with van der Waals surface area (Å²) in [6, 6.07) is 11.6. The molecule has 0 fully saturated rings. The Bertz CT molecular complexity index is 618. The summed E-state index contributed by atoms with van der Waals surface area (Å²) in [7, 11) is 0. The standard InChI is InChI=1S/C15H11FO3/c1-10(17)19-14-4-2-3-12(9-14)15(18)11-5-7-13(16)8-6-11/h2-9H,1H3. The first kappa shape index (κ1) is 13.0. The minimum Gasteiger partial charge on any atom is -0.427 e. The van der Waals surface area contributed by atoms with E-state index in [0.29, 0.717) is 16.9 Å². The summed E-state index contributed by atoms with van der Waals surface area (Å²) in [5, 5.41) is 0. The Morgan fingerprint density at radius 2 is 1.68 bits per heavy atom. The third-order valence-electron chi connectivity index (χ3n) is 2.46. The van der Waals surface area contributed by atoms with E-state index in [2.05, 4.69) is 0 Å². The van der Waals surface area contributed by atoms with Crippen LogP contribution in [-0.4, -0.2) is 11.8 Å². The normalized spacial score (nSPS) is 10.0. The van der Waals surface area contributed by atoms with Gasteiger partial charge >= 0.3 is 5.97 Å². The minimum absolute atomic E-state index is 0.256. The Morgan fingerprint density at radius 3 is 2.32 bits per heavy atom.